The van der Waals surface area contributed by atoms with E-state index in [-0.39, 0.29) is 13.0 Å². The highest BCUT2D eigenvalue weighted by molar-refractivity contribution is 6.01. The number of aliphatic hydroxyl groups is 1. The molecule has 1 aromatic carbocycles. The maximum absolute atomic E-state index is 12.4. The Morgan fingerprint density at radius 2 is 1.92 bits per heavy atom. The molecular formula is C18H25N3O5. The number of ether oxygens (including phenoxy) is 1. The third-order valence-electron chi connectivity index (χ3n) is 4.46. The number of nitrogens with one attached hydrogen (secondary N) is 1. The maximum Gasteiger partial charge on any atom is 0.327 e. The van der Waals surface area contributed by atoms with Gasteiger partial charge in [0, 0.05) is 14.1 Å². The van der Waals surface area contributed by atoms with Crippen LogP contribution in [-0.2, 0) is 20.7 Å². The normalized spacial score (nSPS) is 24.6. The van der Waals surface area contributed by atoms with Gasteiger partial charge in [0.25, 0.3) is 5.91 Å². The van der Waals surface area contributed by atoms with Gasteiger partial charge >= 0.3 is 12.0 Å². The number of hydrogen-bond acceptors (Lipinski definition) is 6. The Kier molecular flexibility index (Phi) is 5.99. The van der Waals surface area contributed by atoms with Crippen LogP contribution < -0.4 is 5.32 Å². The van der Waals surface area contributed by atoms with Crippen molar-refractivity contribution in [3.63, 3.8) is 0 Å². The quantitative estimate of drug-likeness (QED) is 0.708. The Labute approximate surface area is 152 Å². The Morgan fingerprint density at radius 3 is 2.50 bits per heavy atom. The summed E-state index contributed by atoms with van der Waals surface area (Å²) in [6.45, 7) is 3.21. The van der Waals surface area contributed by atoms with Crippen molar-refractivity contribution in [2.45, 2.75) is 38.1 Å². The highest BCUT2D eigenvalue weighted by atomic mass is 16.5. The third-order valence-corrected chi connectivity index (χ3v) is 4.46. The molecule has 0 radical (unpaired) electrons. The van der Waals surface area contributed by atoms with E-state index in [0.717, 1.165) is 10.5 Å². The maximum atomic E-state index is 12.4. The first kappa shape index (κ1) is 19.9. The number of esters is 1. The molecule has 8 nitrogen and oxygen atoms in total. The number of benzene rings is 1. The summed E-state index contributed by atoms with van der Waals surface area (Å²) in [6.07, 6.45) is -0.782. The van der Waals surface area contributed by atoms with E-state index in [1.165, 1.54) is 25.9 Å². The van der Waals surface area contributed by atoms with E-state index >= 15 is 0 Å². The molecule has 0 spiro atoms. The summed E-state index contributed by atoms with van der Waals surface area (Å²) in [5.41, 5.74) is -1.01. The standard InChI is InChI=1S/C18H25N3O5/c1-5-26-14(22)13(11-12-9-7-6-8-10-12)19-15-18(2,25)16(23)21(4)17(24)20(15)3/h6-10,13,15,19,25H,5,11H2,1-4H3/t13-,15+,18-/m0/s1. The van der Waals surface area contributed by atoms with Gasteiger partial charge in [0.2, 0.25) is 0 Å². The van der Waals surface area contributed by atoms with Crippen LogP contribution in [0.2, 0.25) is 0 Å². The highest BCUT2D eigenvalue weighted by Crippen LogP contribution is 2.24. The average Bonchev–Trinajstić information content (AvgIpc) is 2.62. The number of nitrogens with zero attached hydrogens (tertiary/aromatic N) is 2. The van der Waals surface area contributed by atoms with Crippen LogP contribution >= 0.6 is 0 Å². The van der Waals surface area contributed by atoms with Crippen molar-refractivity contribution < 1.29 is 24.2 Å². The summed E-state index contributed by atoms with van der Waals surface area (Å²) >= 11 is 0. The second-order valence-corrected chi connectivity index (χ2v) is 6.47. The molecule has 1 aliphatic heterocycles. The molecular weight excluding hydrogens is 338 g/mol. The Morgan fingerprint density at radius 1 is 1.31 bits per heavy atom. The van der Waals surface area contributed by atoms with Crippen LogP contribution in [0.1, 0.15) is 19.4 Å². The second kappa shape index (κ2) is 7.84. The molecule has 142 valence electrons. The lowest BCUT2D eigenvalue weighted by atomic mass is 9.95. The summed E-state index contributed by atoms with van der Waals surface area (Å²) in [5, 5.41) is 13.6. The Balaban J connectivity index is 2.29. The zero-order valence-electron chi connectivity index (χ0n) is 15.4. The molecule has 26 heavy (non-hydrogen) atoms. The monoisotopic (exact) mass is 363 g/mol. The SMILES string of the molecule is CCOC(=O)[C@H](Cc1ccccc1)N[C@@H]1N(C)C(=O)N(C)C(=O)[C@@]1(C)O. The molecule has 8 heteroatoms. The molecule has 0 unspecified atom stereocenters. The Bertz CT molecular complexity index is 677. The topological polar surface area (TPSA) is 99.2 Å². The molecule has 0 aromatic heterocycles. The van der Waals surface area contributed by atoms with E-state index in [1.807, 2.05) is 30.3 Å². The average molecular weight is 363 g/mol. The number of carbonyl (C=O) groups excluding carboxylic acids is 3. The zero-order valence-corrected chi connectivity index (χ0v) is 15.4. The fraction of sp³-hybridized carbons (Fsp3) is 0.500. The summed E-state index contributed by atoms with van der Waals surface area (Å²) < 4.78 is 5.11. The first-order valence-corrected chi connectivity index (χ1v) is 8.44. The Hall–Kier alpha value is -2.45. The summed E-state index contributed by atoms with van der Waals surface area (Å²) in [4.78, 5) is 39.0. The van der Waals surface area contributed by atoms with Crippen LogP contribution in [0.3, 0.4) is 0 Å². The van der Waals surface area contributed by atoms with Crippen LogP contribution in [0.5, 0.6) is 0 Å². The first-order valence-electron chi connectivity index (χ1n) is 8.44. The van der Waals surface area contributed by atoms with Gasteiger partial charge in [-0.2, -0.15) is 0 Å². The lowest BCUT2D eigenvalue weighted by molar-refractivity contribution is -0.162. The van der Waals surface area contributed by atoms with Crippen molar-refractivity contribution in [2.24, 2.45) is 0 Å². The molecule has 0 bridgehead atoms. The van der Waals surface area contributed by atoms with Gasteiger partial charge in [0.15, 0.2) is 5.60 Å². The molecule has 0 saturated carbocycles. The summed E-state index contributed by atoms with van der Waals surface area (Å²) in [5.74, 6) is -1.25. The molecule has 2 N–H and O–H groups in total. The fourth-order valence-corrected chi connectivity index (χ4v) is 3.04. The number of urea groups is 1. The van der Waals surface area contributed by atoms with Crippen molar-refractivity contribution in [3.05, 3.63) is 35.9 Å². The zero-order chi connectivity index (χ0) is 19.5. The lowest BCUT2D eigenvalue weighted by Crippen LogP contribution is -2.73. The largest absolute Gasteiger partial charge is 0.465 e. The number of rotatable bonds is 6. The molecule has 1 heterocycles. The number of imide groups is 1. The lowest BCUT2D eigenvalue weighted by Gasteiger charge is -2.46. The molecule has 1 saturated heterocycles. The van der Waals surface area contributed by atoms with Crippen molar-refractivity contribution >= 4 is 17.9 Å². The van der Waals surface area contributed by atoms with E-state index in [0.29, 0.717) is 0 Å². The van der Waals surface area contributed by atoms with Gasteiger partial charge in [0.1, 0.15) is 12.2 Å². The van der Waals surface area contributed by atoms with Gasteiger partial charge in [-0.1, -0.05) is 30.3 Å². The number of amides is 3. The van der Waals surface area contributed by atoms with Gasteiger partial charge in [-0.15, -0.1) is 0 Å². The molecule has 1 fully saturated rings. The van der Waals surface area contributed by atoms with Crippen molar-refractivity contribution in [3.8, 4) is 0 Å². The molecule has 2 rings (SSSR count). The minimum Gasteiger partial charge on any atom is -0.465 e. The molecule has 3 amide bonds. The highest BCUT2D eigenvalue weighted by Gasteiger charge is 2.52. The van der Waals surface area contributed by atoms with E-state index in [2.05, 4.69) is 5.32 Å². The van der Waals surface area contributed by atoms with E-state index < -0.39 is 35.7 Å². The van der Waals surface area contributed by atoms with Gasteiger partial charge < -0.3 is 14.7 Å². The summed E-state index contributed by atoms with van der Waals surface area (Å²) in [6, 6.07) is 7.89. The van der Waals surface area contributed by atoms with E-state index in [9.17, 15) is 19.5 Å². The van der Waals surface area contributed by atoms with Crippen molar-refractivity contribution in [1.82, 2.24) is 15.1 Å². The number of carbonyl (C=O) groups is 3. The van der Waals surface area contributed by atoms with Crippen LogP contribution in [0.25, 0.3) is 0 Å². The summed E-state index contributed by atoms with van der Waals surface area (Å²) in [7, 11) is 2.76. The second-order valence-electron chi connectivity index (χ2n) is 6.47. The van der Waals surface area contributed by atoms with Crippen LogP contribution in [0.4, 0.5) is 4.79 Å². The number of hydrogen-bond donors (Lipinski definition) is 2. The smallest absolute Gasteiger partial charge is 0.327 e. The van der Waals surface area contributed by atoms with Crippen molar-refractivity contribution in [2.75, 3.05) is 20.7 Å². The van der Waals surface area contributed by atoms with Gasteiger partial charge in [-0.25, -0.2) is 4.79 Å². The first-order chi connectivity index (χ1) is 12.2. The van der Waals surface area contributed by atoms with E-state index in [1.54, 1.807) is 6.92 Å². The van der Waals surface area contributed by atoms with Crippen LogP contribution in [0.15, 0.2) is 30.3 Å². The predicted octanol–water partition coefficient (Wildman–Crippen LogP) is 0.351. The van der Waals surface area contributed by atoms with Gasteiger partial charge in [-0.3, -0.25) is 19.8 Å². The minimum absolute atomic E-state index is 0.198. The molecule has 0 aliphatic carbocycles. The molecule has 1 aromatic rings. The van der Waals surface area contributed by atoms with E-state index in [4.69, 9.17) is 4.74 Å². The third kappa shape index (κ3) is 3.86. The molecule has 1 aliphatic rings. The van der Waals surface area contributed by atoms with Gasteiger partial charge in [0.05, 0.1) is 6.61 Å². The fourth-order valence-electron chi connectivity index (χ4n) is 3.04. The molecule has 3 atom stereocenters. The van der Waals surface area contributed by atoms with Crippen LogP contribution in [0, 0.1) is 0 Å². The minimum atomic E-state index is -1.89. The van der Waals surface area contributed by atoms with Crippen LogP contribution in [-0.4, -0.2) is 71.3 Å². The van der Waals surface area contributed by atoms with Gasteiger partial charge in [-0.05, 0) is 25.8 Å². The number of likely N-dealkylation sites (N-methyl/N-ethyl adjacent to an activating group) is 2. The predicted molar refractivity (Wildman–Crippen MR) is 94.0 cm³/mol. The van der Waals surface area contributed by atoms with Crippen molar-refractivity contribution in [1.29, 1.82) is 0 Å².